The summed E-state index contributed by atoms with van der Waals surface area (Å²) in [7, 11) is 1.21. The van der Waals surface area contributed by atoms with Gasteiger partial charge in [0.1, 0.15) is 0 Å². The van der Waals surface area contributed by atoms with Crippen LogP contribution in [0.1, 0.15) is 40.2 Å². The number of carbonyl (C=O) groups excluding carboxylic acids is 2. The van der Waals surface area contributed by atoms with Gasteiger partial charge in [-0.3, -0.25) is 9.59 Å². The SMILES string of the molecule is COC(=O)CC1CC(F)(F)C(=O)c2ccc(C)cc21. The minimum Gasteiger partial charge on any atom is -0.469 e. The normalized spacial score (nSPS) is 20.8. The van der Waals surface area contributed by atoms with E-state index >= 15 is 0 Å². The number of halogens is 2. The van der Waals surface area contributed by atoms with E-state index in [2.05, 4.69) is 4.74 Å². The molecule has 0 aliphatic heterocycles. The Labute approximate surface area is 109 Å². The second kappa shape index (κ2) is 4.72. The molecule has 102 valence electrons. The molecule has 3 nitrogen and oxygen atoms in total. The van der Waals surface area contributed by atoms with Crippen LogP contribution in [0.25, 0.3) is 0 Å². The molecule has 2 rings (SSSR count). The van der Waals surface area contributed by atoms with Gasteiger partial charge in [0, 0.05) is 17.9 Å². The smallest absolute Gasteiger partial charge is 0.310 e. The van der Waals surface area contributed by atoms with Gasteiger partial charge in [-0.1, -0.05) is 23.8 Å². The fourth-order valence-electron chi connectivity index (χ4n) is 2.40. The maximum absolute atomic E-state index is 13.7. The fraction of sp³-hybridized carbons (Fsp3) is 0.429. The average Bonchev–Trinajstić information content (AvgIpc) is 2.35. The molecule has 0 radical (unpaired) electrons. The number of fused-ring (bicyclic) bond motifs is 1. The molecule has 0 N–H and O–H groups in total. The summed E-state index contributed by atoms with van der Waals surface area (Å²) in [6, 6.07) is 4.72. The van der Waals surface area contributed by atoms with E-state index in [-0.39, 0.29) is 12.0 Å². The van der Waals surface area contributed by atoms with Crippen LogP contribution in [0.5, 0.6) is 0 Å². The highest BCUT2D eigenvalue weighted by molar-refractivity contribution is 6.04. The number of hydrogen-bond donors (Lipinski definition) is 0. The molecule has 0 bridgehead atoms. The summed E-state index contributed by atoms with van der Waals surface area (Å²) >= 11 is 0. The molecule has 0 heterocycles. The molecule has 1 aliphatic carbocycles. The lowest BCUT2D eigenvalue weighted by Gasteiger charge is -2.29. The van der Waals surface area contributed by atoms with E-state index in [0.29, 0.717) is 5.56 Å². The second-order valence-corrected chi connectivity index (χ2v) is 4.81. The number of alkyl halides is 2. The van der Waals surface area contributed by atoms with Gasteiger partial charge in [0.05, 0.1) is 13.5 Å². The van der Waals surface area contributed by atoms with Crippen molar-refractivity contribution in [1.82, 2.24) is 0 Å². The summed E-state index contributed by atoms with van der Waals surface area (Å²) in [5.41, 5.74) is 1.39. The first-order chi connectivity index (χ1) is 8.85. The van der Waals surface area contributed by atoms with Crippen LogP contribution in [0.3, 0.4) is 0 Å². The van der Waals surface area contributed by atoms with E-state index in [1.807, 2.05) is 6.92 Å². The van der Waals surface area contributed by atoms with Crippen LogP contribution >= 0.6 is 0 Å². The number of Topliss-reactive ketones (excluding diaryl/α,β-unsaturated/α-hetero) is 1. The molecule has 0 saturated carbocycles. The van der Waals surface area contributed by atoms with Crippen LogP contribution in [0.2, 0.25) is 0 Å². The number of benzene rings is 1. The zero-order valence-corrected chi connectivity index (χ0v) is 10.7. The van der Waals surface area contributed by atoms with Crippen molar-refractivity contribution in [2.24, 2.45) is 0 Å². The van der Waals surface area contributed by atoms with Crippen molar-refractivity contribution in [1.29, 1.82) is 0 Å². The summed E-state index contributed by atoms with van der Waals surface area (Å²) in [4.78, 5) is 23.0. The first-order valence-corrected chi connectivity index (χ1v) is 5.95. The van der Waals surface area contributed by atoms with Crippen LogP contribution in [0, 0.1) is 6.92 Å². The quantitative estimate of drug-likeness (QED) is 0.775. The molecule has 1 aromatic rings. The Morgan fingerprint density at radius 3 is 2.79 bits per heavy atom. The lowest BCUT2D eigenvalue weighted by molar-refractivity contribution is -0.141. The number of methoxy groups -OCH3 is 1. The van der Waals surface area contributed by atoms with Crippen LogP contribution in [0.15, 0.2) is 18.2 Å². The molecule has 0 fully saturated rings. The van der Waals surface area contributed by atoms with Crippen molar-refractivity contribution >= 4 is 11.8 Å². The number of aryl methyl sites for hydroxylation is 1. The summed E-state index contributed by atoms with van der Waals surface area (Å²) in [5, 5.41) is 0. The number of rotatable bonds is 2. The monoisotopic (exact) mass is 268 g/mol. The Kier molecular flexibility index (Phi) is 3.39. The molecule has 1 aromatic carbocycles. The van der Waals surface area contributed by atoms with E-state index in [9.17, 15) is 18.4 Å². The first-order valence-electron chi connectivity index (χ1n) is 5.95. The van der Waals surface area contributed by atoms with E-state index in [4.69, 9.17) is 0 Å². The van der Waals surface area contributed by atoms with Gasteiger partial charge in [-0.05, 0) is 12.5 Å². The van der Waals surface area contributed by atoms with Gasteiger partial charge in [0.25, 0.3) is 0 Å². The van der Waals surface area contributed by atoms with E-state index in [0.717, 1.165) is 5.56 Å². The largest absolute Gasteiger partial charge is 0.469 e. The highest BCUT2D eigenvalue weighted by atomic mass is 19.3. The maximum Gasteiger partial charge on any atom is 0.310 e. The minimum atomic E-state index is -3.42. The van der Waals surface area contributed by atoms with E-state index in [1.54, 1.807) is 12.1 Å². The standard InChI is InChI=1S/C14H14F2O3/c1-8-3-4-10-11(5-8)9(6-12(17)19-2)7-14(15,16)13(10)18/h3-5,9H,6-7H2,1-2H3. The Hall–Kier alpha value is -1.78. The van der Waals surface area contributed by atoms with Gasteiger partial charge in [-0.15, -0.1) is 0 Å². The molecule has 1 unspecified atom stereocenters. The van der Waals surface area contributed by atoms with Crippen molar-refractivity contribution < 1.29 is 23.1 Å². The van der Waals surface area contributed by atoms with Gasteiger partial charge in [0.2, 0.25) is 5.78 Å². The number of carbonyl (C=O) groups is 2. The Morgan fingerprint density at radius 2 is 2.16 bits per heavy atom. The molecule has 0 amide bonds. The van der Waals surface area contributed by atoms with E-state index < -0.39 is 30.0 Å². The van der Waals surface area contributed by atoms with Crippen LogP contribution in [0.4, 0.5) is 8.78 Å². The molecule has 5 heteroatoms. The topological polar surface area (TPSA) is 43.4 Å². The molecule has 1 atom stereocenters. The summed E-state index contributed by atoms with van der Waals surface area (Å²) in [5.74, 6) is -5.82. The number of ketones is 1. The highest BCUT2D eigenvalue weighted by Gasteiger charge is 2.47. The minimum absolute atomic E-state index is 0.00996. The molecule has 0 saturated heterocycles. The predicted octanol–water partition coefficient (Wildman–Crippen LogP) is 2.86. The van der Waals surface area contributed by atoms with Crippen molar-refractivity contribution in [3.8, 4) is 0 Å². The summed E-state index contributed by atoms with van der Waals surface area (Å²) in [6.45, 7) is 1.81. The Bertz CT molecular complexity index is 537. The average molecular weight is 268 g/mol. The van der Waals surface area contributed by atoms with Crippen LogP contribution < -0.4 is 0 Å². The molecular weight excluding hydrogens is 254 g/mol. The van der Waals surface area contributed by atoms with Crippen molar-refractivity contribution in [2.75, 3.05) is 7.11 Å². The predicted molar refractivity (Wildman–Crippen MR) is 64.4 cm³/mol. The Balaban J connectivity index is 2.46. The number of esters is 1. The van der Waals surface area contributed by atoms with Crippen molar-refractivity contribution in [2.45, 2.75) is 31.6 Å². The fourth-order valence-corrected chi connectivity index (χ4v) is 2.40. The zero-order chi connectivity index (χ0) is 14.2. The van der Waals surface area contributed by atoms with Crippen LogP contribution in [-0.4, -0.2) is 24.8 Å². The summed E-state index contributed by atoms with van der Waals surface area (Å²) in [6.07, 6.45) is -0.785. The number of ether oxygens (including phenoxy) is 1. The third kappa shape index (κ3) is 2.50. The molecule has 1 aliphatic rings. The van der Waals surface area contributed by atoms with Gasteiger partial charge >= 0.3 is 11.9 Å². The van der Waals surface area contributed by atoms with Crippen molar-refractivity contribution in [3.05, 3.63) is 34.9 Å². The van der Waals surface area contributed by atoms with Crippen LogP contribution in [-0.2, 0) is 9.53 Å². The lowest BCUT2D eigenvalue weighted by Crippen LogP contribution is -2.37. The lowest BCUT2D eigenvalue weighted by atomic mass is 9.78. The highest BCUT2D eigenvalue weighted by Crippen LogP contribution is 2.42. The zero-order valence-electron chi connectivity index (χ0n) is 10.7. The second-order valence-electron chi connectivity index (χ2n) is 4.81. The van der Waals surface area contributed by atoms with Gasteiger partial charge in [-0.25, -0.2) is 0 Å². The number of hydrogen-bond acceptors (Lipinski definition) is 3. The van der Waals surface area contributed by atoms with Gasteiger partial charge in [-0.2, -0.15) is 8.78 Å². The van der Waals surface area contributed by atoms with Gasteiger partial charge in [0.15, 0.2) is 0 Å². The molecule has 0 spiro atoms. The third-order valence-corrected chi connectivity index (χ3v) is 3.37. The van der Waals surface area contributed by atoms with E-state index in [1.165, 1.54) is 13.2 Å². The maximum atomic E-state index is 13.7. The Morgan fingerprint density at radius 1 is 1.47 bits per heavy atom. The molecule has 0 aromatic heterocycles. The molecule has 19 heavy (non-hydrogen) atoms. The first kappa shape index (κ1) is 13.6. The van der Waals surface area contributed by atoms with Crippen molar-refractivity contribution in [3.63, 3.8) is 0 Å². The van der Waals surface area contributed by atoms with Gasteiger partial charge < -0.3 is 4.74 Å². The summed E-state index contributed by atoms with van der Waals surface area (Å²) < 4.78 is 31.9. The third-order valence-electron chi connectivity index (χ3n) is 3.37. The molecular formula is C14H14F2O3.